The van der Waals surface area contributed by atoms with Gasteiger partial charge in [-0.05, 0) is 33.7 Å². The first-order valence-corrected chi connectivity index (χ1v) is 5.12. The van der Waals surface area contributed by atoms with Gasteiger partial charge in [-0.1, -0.05) is 0 Å². The summed E-state index contributed by atoms with van der Waals surface area (Å²) in [5, 5.41) is 2.35. The quantitative estimate of drug-likeness (QED) is 0.422. The van der Waals surface area contributed by atoms with Crippen molar-refractivity contribution in [3.05, 3.63) is 0 Å². The summed E-state index contributed by atoms with van der Waals surface area (Å²) in [6, 6.07) is 0. The van der Waals surface area contributed by atoms with Gasteiger partial charge in [0.2, 0.25) is 0 Å². The first kappa shape index (κ1) is 12.9. The monoisotopic (exact) mass is 233 g/mol. The van der Waals surface area contributed by atoms with Crippen molar-refractivity contribution in [2.24, 2.45) is 0 Å². The van der Waals surface area contributed by atoms with Crippen molar-refractivity contribution in [1.82, 2.24) is 5.32 Å². The van der Waals surface area contributed by atoms with Gasteiger partial charge in [0, 0.05) is 6.42 Å². The number of alkyl halides is 1. The molecule has 0 spiro atoms. The molecular formula is C10H16FNO4. The molecule has 0 radical (unpaired) electrons. The fourth-order valence-corrected chi connectivity index (χ4v) is 1.31. The van der Waals surface area contributed by atoms with Gasteiger partial charge in [0.1, 0.15) is 5.60 Å². The lowest BCUT2D eigenvalue weighted by Crippen LogP contribution is -2.45. The molecule has 0 saturated carbocycles. The molecule has 0 bridgehead atoms. The molecule has 1 atom stereocenters. The minimum atomic E-state index is -2.25. The second-order valence-electron chi connectivity index (χ2n) is 4.69. The minimum absolute atomic E-state index is 0.00856. The summed E-state index contributed by atoms with van der Waals surface area (Å²) in [6.07, 6.45) is -0.641. The molecule has 1 aliphatic rings. The maximum atomic E-state index is 13.7. The van der Waals surface area contributed by atoms with E-state index in [0.29, 0.717) is 13.0 Å². The van der Waals surface area contributed by atoms with Crippen LogP contribution in [0, 0.1) is 0 Å². The van der Waals surface area contributed by atoms with Gasteiger partial charge in [0.15, 0.2) is 0 Å². The normalized spacial score (nSPS) is 25.2. The Hall–Kier alpha value is -1.17. The highest BCUT2D eigenvalue weighted by Crippen LogP contribution is 2.22. The van der Waals surface area contributed by atoms with Crippen molar-refractivity contribution in [3.8, 4) is 0 Å². The topological polar surface area (TPSA) is 64.6 Å². The zero-order valence-corrected chi connectivity index (χ0v) is 9.63. The van der Waals surface area contributed by atoms with Gasteiger partial charge in [0.05, 0.1) is 0 Å². The highest BCUT2D eigenvalue weighted by molar-refractivity contribution is 5.87. The summed E-state index contributed by atoms with van der Waals surface area (Å²) >= 11 is 0. The molecule has 1 rings (SSSR count). The van der Waals surface area contributed by atoms with Crippen LogP contribution in [0.2, 0.25) is 0 Å². The number of carbonyl (C=O) groups is 2. The van der Waals surface area contributed by atoms with Gasteiger partial charge in [0.25, 0.3) is 5.79 Å². The standard InChI is InChI=1S/C10H16FNO4/c1-9(2,3)16-8(14)15-7(13)10(11)5-4-6-12-10/h12H,4-6H2,1-3H3/t10-/m0/s1. The lowest BCUT2D eigenvalue weighted by molar-refractivity contribution is -0.156. The van der Waals surface area contributed by atoms with Gasteiger partial charge in [-0.3, -0.25) is 5.32 Å². The van der Waals surface area contributed by atoms with E-state index in [4.69, 9.17) is 4.74 Å². The van der Waals surface area contributed by atoms with E-state index in [0.717, 1.165) is 0 Å². The summed E-state index contributed by atoms with van der Waals surface area (Å²) in [6.45, 7) is 5.26. The molecule has 0 amide bonds. The van der Waals surface area contributed by atoms with Crippen molar-refractivity contribution in [2.75, 3.05) is 6.54 Å². The Morgan fingerprint density at radius 1 is 1.38 bits per heavy atom. The summed E-state index contributed by atoms with van der Waals surface area (Å²) in [7, 11) is 0. The maximum absolute atomic E-state index is 13.7. The Balaban J connectivity index is 2.48. The van der Waals surface area contributed by atoms with E-state index in [9.17, 15) is 14.0 Å². The van der Waals surface area contributed by atoms with Crippen LogP contribution in [-0.2, 0) is 14.3 Å². The fraction of sp³-hybridized carbons (Fsp3) is 0.800. The minimum Gasteiger partial charge on any atom is -0.428 e. The maximum Gasteiger partial charge on any atom is 0.516 e. The average molecular weight is 233 g/mol. The van der Waals surface area contributed by atoms with Crippen LogP contribution in [0.15, 0.2) is 0 Å². The smallest absolute Gasteiger partial charge is 0.428 e. The third-order valence-electron chi connectivity index (χ3n) is 1.99. The number of esters is 1. The Kier molecular flexibility index (Phi) is 3.52. The molecule has 1 aliphatic heterocycles. The molecule has 92 valence electrons. The van der Waals surface area contributed by atoms with Gasteiger partial charge in [-0.25, -0.2) is 14.0 Å². The molecule has 1 heterocycles. The van der Waals surface area contributed by atoms with Crippen LogP contribution < -0.4 is 5.32 Å². The number of carbonyl (C=O) groups excluding carboxylic acids is 2. The van der Waals surface area contributed by atoms with Gasteiger partial charge in [-0.15, -0.1) is 0 Å². The molecule has 1 N–H and O–H groups in total. The van der Waals surface area contributed by atoms with Crippen molar-refractivity contribution in [3.63, 3.8) is 0 Å². The number of halogens is 1. The van der Waals surface area contributed by atoms with Crippen molar-refractivity contribution < 1.29 is 23.5 Å². The van der Waals surface area contributed by atoms with Crippen LogP contribution in [-0.4, -0.2) is 30.1 Å². The van der Waals surface area contributed by atoms with Crippen LogP contribution in [0.5, 0.6) is 0 Å². The van der Waals surface area contributed by atoms with E-state index in [-0.39, 0.29) is 6.42 Å². The van der Waals surface area contributed by atoms with Crippen molar-refractivity contribution in [1.29, 1.82) is 0 Å². The van der Waals surface area contributed by atoms with Crippen LogP contribution in [0.1, 0.15) is 33.6 Å². The largest absolute Gasteiger partial charge is 0.516 e. The highest BCUT2D eigenvalue weighted by atomic mass is 19.1. The number of ether oxygens (including phenoxy) is 2. The molecule has 16 heavy (non-hydrogen) atoms. The van der Waals surface area contributed by atoms with Crippen LogP contribution in [0.4, 0.5) is 9.18 Å². The first-order chi connectivity index (χ1) is 7.23. The van der Waals surface area contributed by atoms with E-state index in [1.165, 1.54) is 0 Å². The van der Waals surface area contributed by atoms with Crippen LogP contribution in [0.25, 0.3) is 0 Å². The molecule has 0 aliphatic carbocycles. The lowest BCUT2D eigenvalue weighted by Gasteiger charge is -2.20. The summed E-state index contributed by atoms with van der Waals surface area (Å²) in [4.78, 5) is 22.4. The first-order valence-electron chi connectivity index (χ1n) is 5.12. The second kappa shape index (κ2) is 4.37. The lowest BCUT2D eigenvalue weighted by atomic mass is 10.2. The van der Waals surface area contributed by atoms with Crippen LogP contribution in [0.3, 0.4) is 0 Å². The van der Waals surface area contributed by atoms with E-state index in [1.54, 1.807) is 20.8 Å². The molecule has 6 heteroatoms. The van der Waals surface area contributed by atoms with Gasteiger partial charge in [-0.2, -0.15) is 0 Å². The molecule has 0 aromatic rings. The summed E-state index contributed by atoms with van der Waals surface area (Å²) < 4.78 is 22.7. The van der Waals surface area contributed by atoms with E-state index in [2.05, 4.69) is 10.1 Å². The zero-order valence-electron chi connectivity index (χ0n) is 9.63. The molecule has 0 unspecified atom stereocenters. The summed E-state index contributed by atoms with van der Waals surface area (Å²) in [5.74, 6) is -3.49. The summed E-state index contributed by atoms with van der Waals surface area (Å²) in [5.41, 5.74) is -0.774. The third kappa shape index (κ3) is 3.44. The number of nitrogens with one attached hydrogen (secondary N) is 1. The molecule has 1 saturated heterocycles. The van der Waals surface area contributed by atoms with Crippen LogP contribution >= 0.6 is 0 Å². The van der Waals surface area contributed by atoms with Gasteiger partial charge < -0.3 is 9.47 Å². The SMILES string of the molecule is CC(C)(C)OC(=O)OC(=O)[C@]1(F)CCCN1. The van der Waals surface area contributed by atoms with E-state index >= 15 is 0 Å². The Labute approximate surface area is 93.3 Å². The fourth-order valence-electron chi connectivity index (χ4n) is 1.31. The van der Waals surface area contributed by atoms with E-state index < -0.39 is 23.5 Å². The average Bonchev–Trinajstić information content (AvgIpc) is 2.49. The number of hydrogen-bond donors (Lipinski definition) is 1. The molecule has 5 nitrogen and oxygen atoms in total. The van der Waals surface area contributed by atoms with Gasteiger partial charge >= 0.3 is 12.1 Å². The number of rotatable bonds is 1. The predicted octanol–water partition coefficient (Wildman–Crippen LogP) is 1.51. The molecule has 0 aromatic heterocycles. The molecule has 0 aromatic carbocycles. The Morgan fingerprint density at radius 2 is 2.00 bits per heavy atom. The third-order valence-corrected chi connectivity index (χ3v) is 1.99. The van der Waals surface area contributed by atoms with Crippen molar-refractivity contribution >= 4 is 12.1 Å². The Bertz CT molecular complexity index is 292. The second-order valence-corrected chi connectivity index (χ2v) is 4.69. The molecular weight excluding hydrogens is 217 g/mol. The molecule has 1 fully saturated rings. The predicted molar refractivity (Wildman–Crippen MR) is 53.4 cm³/mol. The highest BCUT2D eigenvalue weighted by Gasteiger charge is 2.44. The van der Waals surface area contributed by atoms with E-state index in [1.807, 2.05) is 0 Å². The zero-order chi connectivity index (χ0) is 12.4. The number of hydrogen-bond acceptors (Lipinski definition) is 5. The Morgan fingerprint density at radius 3 is 2.44 bits per heavy atom. The van der Waals surface area contributed by atoms with Crippen molar-refractivity contribution in [2.45, 2.75) is 45.0 Å².